The van der Waals surface area contributed by atoms with Gasteiger partial charge in [-0.15, -0.1) is 0 Å². The average Bonchev–Trinajstić information content (AvgIpc) is 2.54. The van der Waals surface area contributed by atoms with Crippen molar-refractivity contribution in [2.24, 2.45) is 0 Å². The molecule has 0 atom stereocenters. The fraction of sp³-hybridized carbons (Fsp3) is 0.381. The zero-order valence-corrected chi connectivity index (χ0v) is 15.1. The molecule has 0 aliphatic rings. The molecule has 2 aromatic rings. The van der Waals surface area contributed by atoms with E-state index < -0.39 is 0 Å². The first-order chi connectivity index (χ1) is 11.5. The Kier molecular flexibility index (Phi) is 6.42. The van der Waals surface area contributed by atoms with Crippen LogP contribution in [-0.4, -0.2) is 17.5 Å². The van der Waals surface area contributed by atoms with Crippen LogP contribution in [0.15, 0.2) is 42.5 Å². The molecule has 0 fully saturated rings. The van der Waals surface area contributed by atoms with E-state index in [4.69, 9.17) is 4.84 Å². The standard InChI is InChI=1S/C21H27NO2/c1-5-6-12-22(20(23)15-19-10-8-7-9-11-19)24-21-17(3)13-16(2)14-18(21)4/h7-11,13-14H,5-6,12,15H2,1-4H3. The second kappa shape index (κ2) is 8.53. The molecular formula is C21H27NO2. The van der Waals surface area contributed by atoms with E-state index in [0.29, 0.717) is 13.0 Å². The van der Waals surface area contributed by atoms with Crippen LogP contribution in [0.5, 0.6) is 5.75 Å². The van der Waals surface area contributed by atoms with E-state index >= 15 is 0 Å². The second-order valence-corrected chi connectivity index (χ2v) is 6.33. The zero-order chi connectivity index (χ0) is 17.5. The fourth-order valence-corrected chi connectivity index (χ4v) is 2.80. The van der Waals surface area contributed by atoms with E-state index in [1.54, 1.807) is 0 Å². The quantitative estimate of drug-likeness (QED) is 0.686. The highest BCUT2D eigenvalue weighted by molar-refractivity contribution is 5.78. The van der Waals surface area contributed by atoms with Gasteiger partial charge in [-0.2, -0.15) is 5.06 Å². The number of unbranched alkanes of at least 4 members (excludes halogenated alkanes) is 1. The molecule has 0 bridgehead atoms. The van der Waals surface area contributed by atoms with Gasteiger partial charge in [0, 0.05) is 0 Å². The summed E-state index contributed by atoms with van der Waals surface area (Å²) in [5, 5.41) is 1.53. The topological polar surface area (TPSA) is 29.5 Å². The number of nitrogens with zero attached hydrogens (tertiary/aromatic N) is 1. The van der Waals surface area contributed by atoms with Gasteiger partial charge in [-0.05, 0) is 43.9 Å². The Morgan fingerprint density at radius 1 is 1.04 bits per heavy atom. The van der Waals surface area contributed by atoms with Crippen LogP contribution in [0.1, 0.15) is 42.0 Å². The molecule has 0 saturated carbocycles. The predicted molar refractivity (Wildman–Crippen MR) is 98.0 cm³/mol. The summed E-state index contributed by atoms with van der Waals surface area (Å²) in [6, 6.07) is 14.0. The highest BCUT2D eigenvalue weighted by atomic mass is 16.7. The largest absolute Gasteiger partial charge is 0.376 e. The van der Waals surface area contributed by atoms with E-state index in [0.717, 1.165) is 35.3 Å². The summed E-state index contributed by atoms with van der Waals surface area (Å²) in [5.41, 5.74) is 4.32. The number of carbonyl (C=O) groups excluding carboxylic acids is 1. The molecule has 3 heteroatoms. The Balaban J connectivity index is 2.17. The maximum atomic E-state index is 12.7. The molecule has 0 heterocycles. The monoisotopic (exact) mass is 325 g/mol. The van der Waals surface area contributed by atoms with Gasteiger partial charge in [-0.1, -0.05) is 61.4 Å². The Morgan fingerprint density at radius 2 is 1.67 bits per heavy atom. The van der Waals surface area contributed by atoms with Gasteiger partial charge in [0.25, 0.3) is 5.91 Å². The van der Waals surface area contributed by atoms with Crippen LogP contribution in [0.3, 0.4) is 0 Å². The van der Waals surface area contributed by atoms with E-state index in [9.17, 15) is 4.79 Å². The van der Waals surface area contributed by atoms with Crippen molar-refractivity contribution in [1.29, 1.82) is 0 Å². The fourth-order valence-electron chi connectivity index (χ4n) is 2.80. The Labute approximate surface area is 145 Å². The summed E-state index contributed by atoms with van der Waals surface area (Å²) < 4.78 is 0. The normalized spacial score (nSPS) is 10.5. The summed E-state index contributed by atoms with van der Waals surface area (Å²) >= 11 is 0. The summed E-state index contributed by atoms with van der Waals surface area (Å²) in [7, 11) is 0. The van der Waals surface area contributed by atoms with E-state index in [1.165, 1.54) is 10.6 Å². The van der Waals surface area contributed by atoms with Crippen LogP contribution < -0.4 is 4.84 Å². The van der Waals surface area contributed by atoms with Crippen LogP contribution in [0, 0.1) is 20.8 Å². The minimum atomic E-state index is -0.00553. The summed E-state index contributed by atoms with van der Waals surface area (Å²) in [6.45, 7) is 8.83. The molecule has 2 aromatic carbocycles. The van der Waals surface area contributed by atoms with Gasteiger partial charge in [0.15, 0.2) is 5.75 Å². The lowest BCUT2D eigenvalue weighted by Crippen LogP contribution is -2.36. The average molecular weight is 325 g/mol. The molecule has 0 aliphatic heterocycles. The lowest BCUT2D eigenvalue weighted by atomic mass is 10.1. The van der Waals surface area contributed by atoms with Crippen molar-refractivity contribution in [3.8, 4) is 5.75 Å². The van der Waals surface area contributed by atoms with Gasteiger partial charge in [0.2, 0.25) is 0 Å². The number of carbonyl (C=O) groups is 1. The van der Waals surface area contributed by atoms with E-state index in [1.807, 2.05) is 44.2 Å². The Hall–Kier alpha value is -2.29. The van der Waals surface area contributed by atoms with Crippen molar-refractivity contribution in [3.63, 3.8) is 0 Å². The van der Waals surface area contributed by atoms with Crippen LogP contribution in [0.2, 0.25) is 0 Å². The van der Waals surface area contributed by atoms with Crippen molar-refractivity contribution in [1.82, 2.24) is 5.06 Å². The molecule has 0 aromatic heterocycles. The molecule has 1 amide bonds. The van der Waals surface area contributed by atoms with Crippen LogP contribution in [-0.2, 0) is 11.2 Å². The molecular weight excluding hydrogens is 298 g/mol. The first kappa shape index (κ1) is 18.1. The van der Waals surface area contributed by atoms with Gasteiger partial charge in [0.05, 0.1) is 13.0 Å². The molecule has 0 unspecified atom stereocenters. The molecule has 0 saturated heterocycles. The van der Waals surface area contributed by atoms with Crippen molar-refractivity contribution in [3.05, 3.63) is 64.7 Å². The number of aryl methyl sites for hydroxylation is 3. The van der Waals surface area contributed by atoms with Crippen molar-refractivity contribution >= 4 is 5.91 Å². The maximum Gasteiger partial charge on any atom is 0.259 e. The van der Waals surface area contributed by atoms with Gasteiger partial charge in [-0.25, -0.2) is 0 Å². The van der Waals surface area contributed by atoms with Crippen LogP contribution in [0.4, 0.5) is 0 Å². The number of rotatable bonds is 7. The maximum absolute atomic E-state index is 12.7. The van der Waals surface area contributed by atoms with Gasteiger partial charge < -0.3 is 4.84 Å². The minimum absolute atomic E-state index is 0.00553. The summed E-state index contributed by atoms with van der Waals surface area (Å²) in [5.74, 6) is 0.784. The SMILES string of the molecule is CCCCN(Oc1c(C)cc(C)cc1C)C(=O)Cc1ccccc1. The summed E-state index contributed by atoms with van der Waals surface area (Å²) in [6.07, 6.45) is 2.29. The lowest BCUT2D eigenvalue weighted by molar-refractivity contribution is -0.157. The first-order valence-corrected chi connectivity index (χ1v) is 8.61. The van der Waals surface area contributed by atoms with Gasteiger partial charge >= 0.3 is 0 Å². The van der Waals surface area contributed by atoms with Crippen molar-refractivity contribution in [2.45, 2.75) is 47.0 Å². The van der Waals surface area contributed by atoms with Gasteiger partial charge in [-0.3, -0.25) is 4.79 Å². The zero-order valence-electron chi connectivity index (χ0n) is 15.1. The number of amides is 1. The second-order valence-electron chi connectivity index (χ2n) is 6.33. The minimum Gasteiger partial charge on any atom is -0.376 e. The van der Waals surface area contributed by atoms with Crippen molar-refractivity contribution in [2.75, 3.05) is 6.54 Å². The molecule has 24 heavy (non-hydrogen) atoms. The first-order valence-electron chi connectivity index (χ1n) is 8.61. The number of hydrogen-bond donors (Lipinski definition) is 0. The molecule has 128 valence electrons. The third kappa shape index (κ3) is 4.85. The Bertz CT molecular complexity index is 656. The highest BCUT2D eigenvalue weighted by Crippen LogP contribution is 2.25. The van der Waals surface area contributed by atoms with Crippen molar-refractivity contribution < 1.29 is 9.63 Å². The van der Waals surface area contributed by atoms with Crippen LogP contribution in [0.25, 0.3) is 0 Å². The van der Waals surface area contributed by atoms with E-state index in [-0.39, 0.29) is 5.91 Å². The predicted octanol–water partition coefficient (Wildman–Crippen LogP) is 4.78. The highest BCUT2D eigenvalue weighted by Gasteiger charge is 2.18. The molecule has 3 nitrogen and oxygen atoms in total. The Morgan fingerprint density at radius 3 is 2.25 bits per heavy atom. The number of hydroxylamine groups is 2. The van der Waals surface area contributed by atoms with Gasteiger partial charge in [0.1, 0.15) is 0 Å². The van der Waals surface area contributed by atoms with Crippen LogP contribution >= 0.6 is 0 Å². The summed E-state index contributed by atoms with van der Waals surface area (Å²) in [4.78, 5) is 18.8. The molecule has 0 spiro atoms. The molecule has 0 radical (unpaired) electrons. The molecule has 2 rings (SSSR count). The molecule has 0 aliphatic carbocycles. The third-order valence-corrected chi connectivity index (χ3v) is 4.00. The lowest BCUT2D eigenvalue weighted by Gasteiger charge is -2.24. The third-order valence-electron chi connectivity index (χ3n) is 4.00. The number of benzene rings is 2. The van der Waals surface area contributed by atoms with E-state index in [2.05, 4.69) is 26.0 Å². The molecule has 0 N–H and O–H groups in total. The smallest absolute Gasteiger partial charge is 0.259 e. The number of hydrogen-bond acceptors (Lipinski definition) is 2.